The minimum atomic E-state index is -0.122. The molecule has 5 heteroatoms. The van der Waals surface area contributed by atoms with E-state index in [1.54, 1.807) is 18.2 Å². The molecule has 0 aliphatic heterocycles. The quantitative estimate of drug-likeness (QED) is 0.804. The summed E-state index contributed by atoms with van der Waals surface area (Å²) in [4.78, 5) is 12.0. The minimum absolute atomic E-state index is 0.122. The summed E-state index contributed by atoms with van der Waals surface area (Å²) < 4.78 is 0. The van der Waals surface area contributed by atoms with Crippen LogP contribution in [0.4, 0.5) is 5.69 Å². The van der Waals surface area contributed by atoms with Gasteiger partial charge in [-0.1, -0.05) is 59.6 Å². The van der Waals surface area contributed by atoms with Crippen molar-refractivity contribution >= 4 is 34.8 Å². The molecule has 0 aliphatic carbocycles. The summed E-state index contributed by atoms with van der Waals surface area (Å²) in [7, 11) is 0. The Morgan fingerprint density at radius 2 is 1.68 bits per heavy atom. The van der Waals surface area contributed by atoms with Gasteiger partial charge in [-0.25, -0.2) is 0 Å². The summed E-state index contributed by atoms with van der Waals surface area (Å²) in [5.74, 6) is -0.122. The Morgan fingerprint density at radius 1 is 1.05 bits per heavy atom. The van der Waals surface area contributed by atoms with Crippen molar-refractivity contribution in [1.82, 2.24) is 5.32 Å². The average Bonchev–Trinajstić information content (AvgIpc) is 2.52. The van der Waals surface area contributed by atoms with E-state index in [1.807, 2.05) is 18.2 Å². The van der Waals surface area contributed by atoms with E-state index in [2.05, 4.69) is 29.7 Å². The Bertz CT molecular complexity index is 612. The second kappa shape index (κ2) is 8.18. The third-order valence-electron chi connectivity index (χ3n) is 3.33. The number of amides is 1. The number of hydrogen-bond acceptors (Lipinski definition) is 2. The van der Waals surface area contributed by atoms with Gasteiger partial charge in [-0.2, -0.15) is 0 Å². The van der Waals surface area contributed by atoms with Gasteiger partial charge in [0.25, 0.3) is 0 Å². The maximum absolute atomic E-state index is 12.0. The molecule has 0 fully saturated rings. The number of anilines is 1. The highest BCUT2D eigenvalue weighted by Gasteiger charge is 2.10. The zero-order valence-electron chi connectivity index (χ0n) is 12.3. The van der Waals surface area contributed by atoms with Crippen LogP contribution in [0.25, 0.3) is 0 Å². The maximum atomic E-state index is 12.0. The summed E-state index contributed by atoms with van der Waals surface area (Å²) in [6.45, 7) is 2.64. The Morgan fingerprint density at radius 3 is 2.32 bits per heavy atom. The fourth-order valence-corrected chi connectivity index (χ4v) is 2.57. The van der Waals surface area contributed by atoms with Crippen molar-refractivity contribution in [3.63, 3.8) is 0 Å². The number of para-hydroxylation sites is 1. The van der Waals surface area contributed by atoms with Crippen LogP contribution < -0.4 is 10.6 Å². The van der Waals surface area contributed by atoms with Crippen LogP contribution >= 0.6 is 23.2 Å². The lowest BCUT2D eigenvalue weighted by Gasteiger charge is -2.14. The first-order valence-electron chi connectivity index (χ1n) is 7.10. The molecule has 0 aliphatic rings. The van der Waals surface area contributed by atoms with Crippen LogP contribution in [0.2, 0.25) is 10.0 Å². The van der Waals surface area contributed by atoms with Gasteiger partial charge in [0, 0.05) is 19.0 Å². The van der Waals surface area contributed by atoms with E-state index < -0.39 is 0 Å². The van der Waals surface area contributed by atoms with E-state index in [4.69, 9.17) is 23.2 Å². The highest BCUT2D eigenvalue weighted by atomic mass is 35.5. The number of hydrogen-bond donors (Lipinski definition) is 2. The van der Waals surface area contributed by atoms with Crippen LogP contribution in [0.5, 0.6) is 0 Å². The van der Waals surface area contributed by atoms with Crippen LogP contribution in [0, 0.1) is 0 Å². The lowest BCUT2D eigenvalue weighted by Crippen LogP contribution is -2.24. The van der Waals surface area contributed by atoms with Crippen LogP contribution in [0.1, 0.15) is 24.9 Å². The van der Waals surface area contributed by atoms with Gasteiger partial charge < -0.3 is 10.6 Å². The van der Waals surface area contributed by atoms with E-state index in [0.717, 1.165) is 0 Å². The van der Waals surface area contributed by atoms with Crippen molar-refractivity contribution < 1.29 is 4.79 Å². The summed E-state index contributed by atoms with van der Waals surface area (Å²) in [5, 5.41) is 6.94. The van der Waals surface area contributed by atoms with E-state index in [1.165, 1.54) is 5.56 Å². The molecule has 3 nitrogen and oxygen atoms in total. The molecule has 2 rings (SSSR count). The van der Waals surface area contributed by atoms with Gasteiger partial charge in [-0.3, -0.25) is 4.79 Å². The van der Waals surface area contributed by atoms with Crippen molar-refractivity contribution in [2.24, 2.45) is 0 Å². The smallest absolute Gasteiger partial charge is 0.225 e. The fraction of sp³-hybridized carbons (Fsp3) is 0.235. The Balaban J connectivity index is 1.81. The highest BCUT2D eigenvalue weighted by Crippen LogP contribution is 2.29. The summed E-state index contributed by atoms with van der Waals surface area (Å²) in [5.41, 5.74) is 1.66. The molecule has 0 heterocycles. The van der Waals surface area contributed by atoms with Crippen LogP contribution in [-0.2, 0) is 4.79 Å². The molecule has 0 radical (unpaired) electrons. The first-order valence-corrected chi connectivity index (χ1v) is 7.85. The summed E-state index contributed by atoms with van der Waals surface area (Å²) in [6, 6.07) is 15.4. The molecule has 2 aromatic rings. The molecule has 1 amide bonds. The number of halogens is 2. The van der Waals surface area contributed by atoms with Gasteiger partial charge >= 0.3 is 0 Å². The number of nitrogens with one attached hydrogen (secondary N) is 2. The molecule has 0 saturated heterocycles. The van der Waals surface area contributed by atoms with Gasteiger partial charge in [0.15, 0.2) is 0 Å². The Hall–Kier alpha value is -1.55. The molecule has 2 aromatic carbocycles. The van der Waals surface area contributed by atoms with Crippen LogP contribution in [0.3, 0.4) is 0 Å². The topological polar surface area (TPSA) is 41.1 Å². The number of benzene rings is 2. The molecule has 0 saturated carbocycles. The summed E-state index contributed by atoms with van der Waals surface area (Å²) >= 11 is 12.0. The lowest BCUT2D eigenvalue weighted by molar-refractivity contribution is -0.116. The largest absolute Gasteiger partial charge is 0.324 e. The van der Waals surface area contributed by atoms with Crippen molar-refractivity contribution in [2.45, 2.75) is 19.4 Å². The predicted octanol–water partition coefficient (Wildman–Crippen LogP) is 4.67. The SMILES string of the molecule is CC(NCCC(=O)Nc1c(Cl)cccc1Cl)c1ccccc1. The molecule has 116 valence electrons. The van der Waals surface area contributed by atoms with Crippen LogP contribution in [-0.4, -0.2) is 12.5 Å². The first-order chi connectivity index (χ1) is 10.6. The monoisotopic (exact) mass is 336 g/mol. The molecule has 2 N–H and O–H groups in total. The van der Waals surface area contributed by atoms with Crippen molar-refractivity contribution in [3.05, 3.63) is 64.1 Å². The molecule has 1 atom stereocenters. The van der Waals surface area contributed by atoms with Crippen molar-refractivity contribution in [2.75, 3.05) is 11.9 Å². The van der Waals surface area contributed by atoms with Gasteiger partial charge in [0.05, 0.1) is 15.7 Å². The van der Waals surface area contributed by atoms with E-state index >= 15 is 0 Å². The summed E-state index contributed by atoms with van der Waals surface area (Å²) in [6.07, 6.45) is 0.346. The number of carbonyl (C=O) groups is 1. The zero-order valence-corrected chi connectivity index (χ0v) is 13.8. The van der Waals surface area contributed by atoms with Gasteiger partial charge in [0.1, 0.15) is 0 Å². The Labute approximate surface area is 140 Å². The zero-order chi connectivity index (χ0) is 15.9. The second-order valence-corrected chi connectivity index (χ2v) is 5.80. The molecule has 22 heavy (non-hydrogen) atoms. The molecule has 0 aromatic heterocycles. The van der Waals surface area contributed by atoms with Gasteiger partial charge in [-0.05, 0) is 24.6 Å². The van der Waals surface area contributed by atoms with Gasteiger partial charge in [0.2, 0.25) is 5.91 Å². The van der Waals surface area contributed by atoms with E-state index in [9.17, 15) is 4.79 Å². The lowest BCUT2D eigenvalue weighted by atomic mass is 10.1. The Kier molecular flexibility index (Phi) is 6.25. The van der Waals surface area contributed by atoms with Gasteiger partial charge in [-0.15, -0.1) is 0 Å². The van der Waals surface area contributed by atoms with Crippen molar-refractivity contribution in [3.8, 4) is 0 Å². The number of carbonyl (C=O) groups excluding carboxylic acids is 1. The fourth-order valence-electron chi connectivity index (χ4n) is 2.08. The molecular formula is C17H18Cl2N2O. The molecule has 1 unspecified atom stereocenters. The molecule has 0 bridgehead atoms. The minimum Gasteiger partial charge on any atom is -0.324 e. The maximum Gasteiger partial charge on any atom is 0.225 e. The second-order valence-electron chi connectivity index (χ2n) is 4.98. The van der Waals surface area contributed by atoms with Crippen molar-refractivity contribution in [1.29, 1.82) is 0 Å². The van der Waals surface area contributed by atoms with E-state index in [-0.39, 0.29) is 11.9 Å². The third kappa shape index (κ3) is 4.73. The normalized spacial score (nSPS) is 12.0. The highest BCUT2D eigenvalue weighted by molar-refractivity contribution is 6.39. The van der Waals surface area contributed by atoms with E-state index in [0.29, 0.717) is 28.7 Å². The third-order valence-corrected chi connectivity index (χ3v) is 3.96. The first kappa shape index (κ1) is 16.8. The standard InChI is InChI=1S/C17H18Cl2N2O/c1-12(13-6-3-2-4-7-13)20-11-10-16(22)21-17-14(18)8-5-9-15(17)19/h2-9,12,20H,10-11H2,1H3,(H,21,22). The predicted molar refractivity (Wildman–Crippen MR) is 92.6 cm³/mol. The average molecular weight is 337 g/mol. The number of rotatable bonds is 6. The van der Waals surface area contributed by atoms with Crippen LogP contribution in [0.15, 0.2) is 48.5 Å². The molecule has 0 spiro atoms. The molecular weight excluding hydrogens is 319 g/mol.